The van der Waals surface area contributed by atoms with Gasteiger partial charge in [0.15, 0.2) is 0 Å². The van der Waals surface area contributed by atoms with Gasteiger partial charge < -0.3 is 19.0 Å². The molecule has 1 N–H and O–H groups in total. The van der Waals surface area contributed by atoms with Crippen molar-refractivity contribution in [1.29, 1.82) is 0 Å². The van der Waals surface area contributed by atoms with Crippen LogP contribution in [0.25, 0.3) is 22.1 Å². The molecule has 0 spiro atoms. The Morgan fingerprint density at radius 3 is 2.60 bits per heavy atom. The van der Waals surface area contributed by atoms with Crippen LogP contribution in [0.5, 0.6) is 11.5 Å². The maximum Gasteiger partial charge on any atom is 0.417 e. The fourth-order valence-electron chi connectivity index (χ4n) is 4.65. The van der Waals surface area contributed by atoms with Gasteiger partial charge in [-0.2, -0.15) is 13.2 Å². The Labute approximate surface area is 198 Å². The summed E-state index contributed by atoms with van der Waals surface area (Å²) in [6, 6.07) is 13.6. The molecule has 180 valence electrons. The number of ether oxygens (including phenoxy) is 2. The standard InChI is InChI=1S/C27H21F3O5/c1-33-25(32)12-16-14-34-24-13-18(6-7-19(16)24)35-23-11-9-21-20(23)8-10-22(27(28,29)30)26(21)15-2-4-17(31)5-3-15/h2-8,10,13-14,23,31H,9,11-12H2,1H3/t23-/m1/s1. The lowest BCUT2D eigenvalue weighted by Crippen LogP contribution is -2.10. The average molecular weight is 482 g/mol. The number of rotatable bonds is 5. The molecule has 5 nitrogen and oxygen atoms in total. The van der Waals surface area contributed by atoms with Crippen LogP contribution in [0.4, 0.5) is 13.2 Å². The number of esters is 1. The lowest BCUT2D eigenvalue weighted by atomic mass is 9.91. The zero-order valence-electron chi connectivity index (χ0n) is 18.7. The first-order valence-electron chi connectivity index (χ1n) is 11.0. The van der Waals surface area contributed by atoms with Gasteiger partial charge in [0, 0.05) is 17.0 Å². The van der Waals surface area contributed by atoms with Gasteiger partial charge in [0.25, 0.3) is 0 Å². The van der Waals surface area contributed by atoms with Crippen molar-refractivity contribution >= 4 is 16.9 Å². The Morgan fingerprint density at radius 1 is 1.11 bits per heavy atom. The maximum absolute atomic E-state index is 13.9. The predicted octanol–water partition coefficient (Wildman–Crippen LogP) is 6.61. The number of methoxy groups -OCH3 is 1. The van der Waals surface area contributed by atoms with Crippen LogP contribution in [-0.4, -0.2) is 18.2 Å². The third kappa shape index (κ3) is 4.32. The van der Waals surface area contributed by atoms with Crippen molar-refractivity contribution in [3.8, 4) is 22.6 Å². The molecule has 0 amide bonds. The molecular weight excluding hydrogens is 461 g/mol. The number of phenolic OH excluding ortho intramolecular Hbond substituents is 1. The molecule has 5 rings (SSSR count). The van der Waals surface area contributed by atoms with Crippen molar-refractivity contribution < 1.29 is 37.0 Å². The van der Waals surface area contributed by atoms with E-state index in [1.165, 1.54) is 43.7 Å². The van der Waals surface area contributed by atoms with Crippen LogP contribution >= 0.6 is 0 Å². The average Bonchev–Trinajstić information content (AvgIpc) is 3.42. The molecule has 0 aliphatic heterocycles. The van der Waals surface area contributed by atoms with Gasteiger partial charge in [-0.25, -0.2) is 0 Å². The van der Waals surface area contributed by atoms with Crippen LogP contribution in [0.2, 0.25) is 0 Å². The minimum absolute atomic E-state index is 0.0147. The highest BCUT2D eigenvalue weighted by molar-refractivity contribution is 5.86. The number of hydrogen-bond acceptors (Lipinski definition) is 5. The molecule has 0 radical (unpaired) electrons. The highest BCUT2D eigenvalue weighted by Gasteiger charge is 2.38. The van der Waals surface area contributed by atoms with E-state index in [1.54, 1.807) is 18.2 Å². The van der Waals surface area contributed by atoms with E-state index in [9.17, 15) is 23.1 Å². The first kappa shape index (κ1) is 22.8. The van der Waals surface area contributed by atoms with E-state index in [1.807, 2.05) is 0 Å². The van der Waals surface area contributed by atoms with Crippen LogP contribution in [0, 0.1) is 0 Å². The fourth-order valence-corrected chi connectivity index (χ4v) is 4.65. The molecule has 4 aromatic rings. The molecule has 1 aliphatic rings. The quantitative estimate of drug-likeness (QED) is 0.324. The number of phenols is 1. The third-order valence-corrected chi connectivity index (χ3v) is 6.28. The van der Waals surface area contributed by atoms with Gasteiger partial charge in [0.2, 0.25) is 0 Å². The van der Waals surface area contributed by atoms with E-state index in [0.29, 0.717) is 46.4 Å². The number of fused-ring (bicyclic) bond motifs is 2. The molecule has 0 bridgehead atoms. The topological polar surface area (TPSA) is 68.9 Å². The van der Waals surface area contributed by atoms with Gasteiger partial charge in [-0.15, -0.1) is 0 Å². The predicted molar refractivity (Wildman–Crippen MR) is 122 cm³/mol. The van der Waals surface area contributed by atoms with E-state index >= 15 is 0 Å². The number of benzene rings is 3. The summed E-state index contributed by atoms with van der Waals surface area (Å²) in [7, 11) is 1.32. The summed E-state index contributed by atoms with van der Waals surface area (Å²) >= 11 is 0. The zero-order valence-corrected chi connectivity index (χ0v) is 18.7. The Bertz CT molecular complexity index is 1400. The van der Waals surface area contributed by atoms with Gasteiger partial charge >= 0.3 is 12.1 Å². The van der Waals surface area contributed by atoms with Crippen LogP contribution < -0.4 is 4.74 Å². The summed E-state index contributed by atoms with van der Waals surface area (Å²) in [4.78, 5) is 11.6. The Hall–Kier alpha value is -3.94. The van der Waals surface area contributed by atoms with Crippen LogP contribution in [0.1, 0.15) is 34.8 Å². The second kappa shape index (κ2) is 8.69. The Balaban J connectivity index is 1.48. The van der Waals surface area contributed by atoms with Crippen molar-refractivity contribution in [3.05, 3.63) is 83.1 Å². The number of aromatic hydroxyl groups is 1. The molecule has 0 fully saturated rings. The second-order valence-electron chi connectivity index (χ2n) is 8.42. The summed E-state index contributed by atoms with van der Waals surface area (Å²) in [6.07, 6.45) is -2.42. The van der Waals surface area contributed by atoms with Crippen LogP contribution in [-0.2, 0) is 28.5 Å². The highest BCUT2D eigenvalue weighted by atomic mass is 19.4. The summed E-state index contributed by atoms with van der Waals surface area (Å²) in [6.45, 7) is 0. The number of furan rings is 1. The lowest BCUT2D eigenvalue weighted by Gasteiger charge is -2.19. The molecule has 0 unspecified atom stereocenters. The fraction of sp³-hybridized carbons (Fsp3) is 0.222. The van der Waals surface area contributed by atoms with Gasteiger partial charge in [-0.05, 0) is 65.4 Å². The van der Waals surface area contributed by atoms with Crippen molar-refractivity contribution in [2.75, 3.05) is 7.11 Å². The van der Waals surface area contributed by atoms with Gasteiger partial charge in [0.1, 0.15) is 23.2 Å². The molecule has 1 atom stereocenters. The summed E-state index contributed by atoms with van der Waals surface area (Å²) < 4.78 is 58.0. The minimum atomic E-state index is -4.52. The van der Waals surface area contributed by atoms with E-state index in [0.717, 1.165) is 11.5 Å². The molecule has 8 heteroatoms. The van der Waals surface area contributed by atoms with Crippen molar-refractivity contribution in [2.45, 2.75) is 31.5 Å². The molecule has 0 saturated carbocycles. The number of carbonyl (C=O) groups excluding carboxylic acids is 1. The van der Waals surface area contributed by atoms with E-state index in [4.69, 9.17) is 13.9 Å². The van der Waals surface area contributed by atoms with E-state index < -0.39 is 17.8 Å². The van der Waals surface area contributed by atoms with Gasteiger partial charge in [0.05, 0.1) is 25.4 Å². The first-order chi connectivity index (χ1) is 16.7. The molecular formula is C27H21F3O5. The van der Waals surface area contributed by atoms with Crippen LogP contribution in [0.15, 0.2) is 65.3 Å². The van der Waals surface area contributed by atoms with Gasteiger partial charge in [-0.1, -0.05) is 18.2 Å². The SMILES string of the molecule is COC(=O)Cc1coc2cc(O[C@@H]3CCc4c3ccc(C(F)(F)F)c4-c3ccc(O)cc3)ccc12. The number of hydrogen-bond donors (Lipinski definition) is 1. The number of alkyl halides is 3. The normalized spacial score (nSPS) is 15.3. The van der Waals surface area contributed by atoms with Gasteiger partial charge in [-0.3, -0.25) is 4.79 Å². The third-order valence-electron chi connectivity index (χ3n) is 6.28. The molecule has 0 saturated heterocycles. The minimum Gasteiger partial charge on any atom is -0.508 e. The largest absolute Gasteiger partial charge is 0.508 e. The van der Waals surface area contributed by atoms with E-state index in [-0.39, 0.29) is 23.7 Å². The molecule has 1 heterocycles. The van der Waals surface area contributed by atoms with Crippen LogP contribution in [0.3, 0.4) is 0 Å². The summed E-state index contributed by atoms with van der Waals surface area (Å²) in [5, 5.41) is 10.4. The zero-order chi connectivity index (χ0) is 24.7. The monoisotopic (exact) mass is 482 g/mol. The Morgan fingerprint density at radius 2 is 1.89 bits per heavy atom. The molecule has 35 heavy (non-hydrogen) atoms. The van der Waals surface area contributed by atoms with Crippen molar-refractivity contribution in [1.82, 2.24) is 0 Å². The molecule has 1 aromatic heterocycles. The number of carbonyl (C=O) groups is 1. The Kier molecular flexibility index (Phi) is 5.67. The first-order valence-corrected chi connectivity index (χ1v) is 11.0. The lowest BCUT2D eigenvalue weighted by molar-refractivity contribution is -0.140. The summed E-state index contributed by atoms with van der Waals surface area (Å²) in [5.41, 5.74) is 2.33. The van der Waals surface area contributed by atoms with E-state index in [2.05, 4.69) is 0 Å². The summed E-state index contributed by atoms with van der Waals surface area (Å²) in [5.74, 6) is 0.123. The van der Waals surface area contributed by atoms with Crippen molar-refractivity contribution in [2.24, 2.45) is 0 Å². The molecule has 3 aromatic carbocycles. The second-order valence-corrected chi connectivity index (χ2v) is 8.42. The number of halogens is 3. The molecule has 1 aliphatic carbocycles. The van der Waals surface area contributed by atoms with Crippen molar-refractivity contribution in [3.63, 3.8) is 0 Å². The smallest absolute Gasteiger partial charge is 0.417 e. The highest BCUT2D eigenvalue weighted by Crippen LogP contribution is 2.46. The maximum atomic E-state index is 13.9.